The first-order valence-electron chi connectivity index (χ1n) is 3.30. The average Bonchev–Trinajstić information content (AvgIpc) is 1.88. The smallest absolute Gasteiger partial charge is 0.362 e. The molecule has 1 unspecified atom stereocenters. The molecule has 4 heteroatoms. The van der Waals surface area contributed by atoms with Gasteiger partial charge in [-0.1, -0.05) is 0 Å². The van der Waals surface area contributed by atoms with E-state index in [1.54, 1.807) is 0 Å². The lowest BCUT2D eigenvalue weighted by Crippen LogP contribution is -2.64. The maximum Gasteiger partial charge on any atom is 0.362 e. The molecular weight excluding hydrogens is 154 g/mol. The van der Waals surface area contributed by atoms with Crippen LogP contribution in [0.3, 0.4) is 0 Å². The van der Waals surface area contributed by atoms with Crippen LogP contribution in [0.1, 0.15) is 19.3 Å². The van der Waals surface area contributed by atoms with E-state index in [2.05, 4.69) is 5.73 Å². The van der Waals surface area contributed by atoms with Crippen molar-refractivity contribution in [1.82, 2.24) is 0 Å². The molecule has 60 valence electrons. The highest BCUT2D eigenvalue weighted by atomic mass is 35.5. The van der Waals surface area contributed by atoms with Crippen molar-refractivity contribution >= 4 is 17.6 Å². The van der Waals surface area contributed by atoms with Gasteiger partial charge in [0.25, 0.3) is 0 Å². The maximum atomic E-state index is 10.2. The molecule has 0 aromatic heterocycles. The second kappa shape index (κ2) is 5.50. The Morgan fingerprint density at radius 3 is 2.60 bits per heavy atom. The summed E-state index contributed by atoms with van der Waals surface area (Å²) in [4.78, 5) is 10.2. The zero-order chi connectivity index (χ0) is 7.98. The predicted octanol–water partition coefficient (Wildman–Crippen LogP) is 0.0906. The Bertz CT molecular complexity index is 108. The minimum atomic E-state index is -0.824. The van der Waals surface area contributed by atoms with Gasteiger partial charge in [-0.05, 0) is 12.8 Å². The predicted molar refractivity (Wildman–Crippen MR) is 38.9 cm³/mol. The number of halogens is 1. The van der Waals surface area contributed by atoms with Crippen molar-refractivity contribution in [1.29, 1.82) is 0 Å². The summed E-state index contributed by atoms with van der Waals surface area (Å²) < 4.78 is 0. The van der Waals surface area contributed by atoms with E-state index in [1.165, 1.54) is 0 Å². The fourth-order valence-corrected chi connectivity index (χ4v) is 0.798. The van der Waals surface area contributed by atoms with Gasteiger partial charge in [-0.15, -0.1) is 11.6 Å². The monoisotopic (exact) mass is 166 g/mol. The summed E-state index contributed by atoms with van der Waals surface area (Å²) in [6.45, 7) is 0. The molecule has 0 radical (unpaired) electrons. The van der Waals surface area contributed by atoms with Gasteiger partial charge in [-0.2, -0.15) is 0 Å². The Morgan fingerprint density at radius 1 is 1.60 bits per heavy atom. The molecule has 0 aliphatic carbocycles. The van der Waals surface area contributed by atoms with Gasteiger partial charge in [-0.25, -0.2) is 4.79 Å². The fourth-order valence-electron chi connectivity index (χ4n) is 0.609. The Morgan fingerprint density at radius 2 is 2.20 bits per heavy atom. The molecule has 10 heavy (non-hydrogen) atoms. The van der Waals surface area contributed by atoms with E-state index in [4.69, 9.17) is 16.7 Å². The highest BCUT2D eigenvalue weighted by Gasteiger charge is 2.13. The first kappa shape index (κ1) is 9.72. The third-order valence-electron chi connectivity index (χ3n) is 1.29. The molecule has 0 fully saturated rings. The van der Waals surface area contributed by atoms with E-state index < -0.39 is 12.0 Å². The zero-order valence-electron chi connectivity index (χ0n) is 5.85. The van der Waals surface area contributed by atoms with Gasteiger partial charge in [0.2, 0.25) is 0 Å². The molecule has 1 atom stereocenters. The standard InChI is InChI=1S/C6H12ClNO2/c7-4-2-1-3-5(8)6(9)10/h5H,1-4,8H2,(H,9,10)/p+1. The summed E-state index contributed by atoms with van der Waals surface area (Å²) in [7, 11) is 0. The number of hydrogen-bond donors (Lipinski definition) is 2. The quantitative estimate of drug-likeness (QED) is 0.449. The highest BCUT2D eigenvalue weighted by Crippen LogP contribution is 1.98. The maximum absolute atomic E-state index is 10.2. The summed E-state index contributed by atoms with van der Waals surface area (Å²) in [6.07, 6.45) is 2.35. The van der Waals surface area contributed by atoms with Crippen LogP contribution in [0.15, 0.2) is 0 Å². The van der Waals surface area contributed by atoms with Crippen LogP contribution in [0.2, 0.25) is 0 Å². The van der Waals surface area contributed by atoms with Crippen LogP contribution in [0.5, 0.6) is 0 Å². The first-order valence-corrected chi connectivity index (χ1v) is 3.83. The molecule has 3 nitrogen and oxygen atoms in total. The molecule has 0 rings (SSSR count). The van der Waals surface area contributed by atoms with Crippen LogP contribution in [-0.2, 0) is 4.79 Å². The number of aliphatic carboxylic acids is 1. The van der Waals surface area contributed by atoms with Crippen LogP contribution < -0.4 is 5.73 Å². The number of carboxylic acid groups (broad SMARTS) is 1. The van der Waals surface area contributed by atoms with Gasteiger partial charge in [-0.3, -0.25) is 0 Å². The van der Waals surface area contributed by atoms with Crippen molar-refractivity contribution in [3.8, 4) is 0 Å². The van der Waals surface area contributed by atoms with E-state index >= 15 is 0 Å². The fraction of sp³-hybridized carbons (Fsp3) is 0.833. The normalized spacial score (nSPS) is 13.0. The van der Waals surface area contributed by atoms with Crippen molar-refractivity contribution in [3.63, 3.8) is 0 Å². The molecule has 0 aliphatic rings. The summed E-state index contributed by atoms with van der Waals surface area (Å²) in [5, 5.41) is 8.39. The van der Waals surface area contributed by atoms with Gasteiger partial charge in [0.15, 0.2) is 6.04 Å². The molecule has 4 N–H and O–H groups in total. The van der Waals surface area contributed by atoms with Crippen molar-refractivity contribution in [2.45, 2.75) is 25.3 Å². The molecule has 0 aromatic rings. The summed E-state index contributed by atoms with van der Waals surface area (Å²) >= 11 is 5.40. The van der Waals surface area contributed by atoms with Crippen LogP contribution in [0, 0.1) is 0 Å². The zero-order valence-corrected chi connectivity index (χ0v) is 6.60. The Labute approximate surface area is 65.2 Å². The average molecular weight is 167 g/mol. The highest BCUT2D eigenvalue weighted by molar-refractivity contribution is 6.17. The van der Waals surface area contributed by atoms with Crippen LogP contribution in [-0.4, -0.2) is 23.0 Å². The Hall–Kier alpha value is -0.280. The molecule has 0 saturated heterocycles. The number of quaternary nitrogens is 1. The molecule has 0 heterocycles. The molecule has 0 saturated carbocycles. The molecule has 0 bridgehead atoms. The summed E-state index contributed by atoms with van der Waals surface area (Å²) in [5.74, 6) is -0.221. The van der Waals surface area contributed by atoms with Crippen molar-refractivity contribution < 1.29 is 15.6 Å². The second-order valence-electron chi connectivity index (χ2n) is 2.22. The molecule has 0 aliphatic heterocycles. The lowest BCUT2D eigenvalue weighted by Gasteiger charge is -2.00. The number of alkyl halides is 1. The minimum Gasteiger partial charge on any atom is -0.477 e. The number of unbranched alkanes of at least 4 members (excludes halogenated alkanes) is 1. The van der Waals surface area contributed by atoms with Crippen LogP contribution in [0.25, 0.3) is 0 Å². The van der Waals surface area contributed by atoms with Crippen LogP contribution in [0.4, 0.5) is 0 Å². The van der Waals surface area contributed by atoms with Crippen molar-refractivity contribution in [2.24, 2.45) is 0 Å². The third-order valence-corrected chi connectivity index (χ3v) is 1.55. The number of rotatable bonds is 5. The van der Waals surface area contributed by atoms with Gasteiger partial charge >= 0.3 is 5.97 Å². The number of carbonyl (C=O) groups is 1. The summed E-state index contributed by atoms with van der Waals surface area (Å²) in [5.41, 5.74) is 3.47. The van der Waals surface area contributed by atoms with Crippen LogP contribution >= 0.6 is 11.6 Å². The number of carboxylic acids is 1. The van der Waals surface area contributed by atoms with E-state index in [-0.39, 0.29) is 0 Å². The van der Waals surface area contributed by atoms with Crippen molar-refractivity contribution in [2.75, 3.05) is 5.88 Å². The van der Waals surface area contributed by atoms with Gasteiger partial charge < -0.3 is 10.8 Å². The lowest BCUT2D eigenvalue weighted by molar-refractivity contribution is -0.409. The second-order valence-corrected chi connectivity index (χ2v) is 2.60. The van der Waals surface area contributed by atoms with E-state index in [1.807, 2.05) is 0 Å². The van der Waals surface area contributed by atoms with Gasteiger partial charge in [0, 0.05) is 12.3 Å². The van der Waals surface area contributed by atoms with E-state index in [0.717, 1.165) is 12.8 Å². The largest absolute Gasteiger partial charge is 0.477 e. The first-order chi connectivity index (χ1) is 4.68. The molecule has 0 spiro atoms. The SMILES string of the molecule is [NH3+]C(CCCCCl)C(=O)O. The van der Waals surface area contributed by atoms with E-state index in [0.29, 0.717) is 12.3 Å². The molecule has 0 amide bonds. The minimum absolute atomic E-state index is 0.469. The Kier molecular flexibility index (Phi) is 5.35. The third kappa shape index (κ3) is 4.58. The van der Waals surface area contributed by atoms with Gasteiger partial charge in [0.1, 0.15) is 0 Å². The van der Waals surface area contributed by atoms with Crippen molar-refractivity contribution in [3.05, 3.63) is 0 Å². The van der Waals surface area contributed by atoms with Gasteiger partial charge in [0.05, 0.1) is 0 Å². The molecule has 0 aromatic carbocycles. The lowest BCUT2D eigenvalue weighted by atomic mass is 10.1. The molecular formula is C6H13ClNO2+. The Balaban J connectivity index is 3.21. The number of hydrogen-bond acceptors (Lipinski definition) is 1. The topological polar surface area (TPSA) is 64.9 Å². The van der Waals surface area contributed by atoms with E-state index in [9.17, 15) is 4.79 Å². The summed E-state index contributed by atoms with van der Waals surface area (Å²) in [6, 6.07) is -0.469.